The van der Waals surface area contributed by atoms with Crippen LogP contribution in [0.15, 0.2) is 42.5 Å². The van der Waals surface area contributed by atoms with E-state index in [1.807, 2.05) is 31.2 Å². The Labute approximate surface area is 149 Å². The number of carbonyl (C=O) groups is 2. The normalized spacial score (nSPS) is 16.8. The van der Waals surface area contributed by atoms with Gasteiger partial charge in [-0.25, -0.2) is 9.18 Å². The fraction of sp³-hybridized carbons (Fsp3) is 0.222. The van der Waals surface area contributed by atoms with E-state index in [9.17, 15) is 14.0 Å². The van der Waals surface area contributed by atoms with Gasteiger partial charge in [-0.2, -0.15) is 0 Å². The van der Waals surface area contributed by atoms with Gasteiger partial charge in [-0.3, -0.25) is 4.79 Å². The van der Waals surface area contributed by atoms with Crippen LogP contribution in [0.1, 0.15) is 12.0 Å². The van der Waals surface area contributed by atoms with Gasteiger partial charge in [-0.1, -0.05) is 29.3 Å². The number of aryl methyl sites for hydroxylation is 1. The Morgan fingerprint density at radius 2 is 1.96 bits per heavy atom. The first-order valence-electron chi connectivity index (χ1n) is 7.82. The molecule has 0 unspecified atom stereocenters. The topological polar surface area (TPSA) is 61.4 Å². The van der Waals surface area contributed by atoms with Crippen LogP contribution in [-0.4, -0.2) is 24.5 Å². The van der Waals surface area contributed by atoms with Gasteiger partial charge in [-0.05, 0) is 37.3 Å². The maximum Gasteiger partial charge on any atom is 0.319 e. The summed E-state index contributed by atoms with van der Waals surface area (Å²) >= 11 is 5.69. The van der Waals surface area contributed by atoms with Gasteiger partial charge in [0.1, 0.15) is 5.82 Å². The highest BCUT2D eigenvalue weighted by molar-refractivity contribution is 6.31. The maximum atomic E-state index is 13.1. The van der Waals surface area contributed by atoms with E-state index in [1.165, 1.54) is 18.2 Å². The van der Waals surface area contributed by atoms with Gasteiger partial charge >= 0.3 is 6.03 Å². The van der Waals surface area contributed by atoms with E-state index in [1.54, 1.807) is 4.90 Å². The number of nitrogens with one attached hydrogen (secondary N) is 2. The molecule has 0 aliphatic carbocycles. The zero-order valence-electron chi connectivity index (χ0n) is 13.6. The molecule has 5 nitrogen and oxygen atoms in total. The van der Waals surface area contributed by atoms with Crippen LogP contribution in [0.3, 0.4) is 0 Å². The van der Waals surface area contributed by atoms with E-state index in [-0.39, 0.29) is 23.4 Å². The number of halogens is 2. The summed E-state index contributed by atoms with van der Waals surface area (Å²) in [5, 5.41) is 5.27. The number of hydrogen-bond donors (Lipinski definition) is 2. The summed E-state index contributed by atoms with van der Waals surface area (Å²) in [6.45, 7) is 2.38. The van der Waals surface area contributed by atoms with Crippen LogP contribution in [-0.2, 0) is 4.79 Å². The third-order valence-corrected chi connectivity index (χ3v) is 4.27. The van der Waals surface area contributed by atoms with Crippen molar-refractivity contribution in [3.05, 3.63) is 58.9 Å². The van der Waals surface area contributed by atoms with Gasteiger partial charge in [0.05, 0.1) is 11.1 Å². The second-order valence-corrected chi connectivity index (χ2v) is 6.38. The molecule has 0 spiro atoms. The second-order valence-electron chi connectivity index (χ2n) is 5.97. The van der Waals surface area contributed by atoms with Crippen molar-refractivity contribution in [1.29, 1.82) is 0 Å². The van der Waals surface area contributed by atoms with Crippen LogP contribution in [0.2, 0.25) is 5.02 Å². The molecule has 2 aromatic carbocycles. The third kappa shape index (κ3) is 4.09. The summed E-state index contributed by atoms with van der Waals surface area (Å²) in [4.78, 5) is 25.9. The largest absolute Gasteiger partial charge is 0.333 e. The summed E-state index contributed by atoms with van der Waals surface area (Å²) < 4.78 is 13.1. The van der Waals surface area contributed by atoms with Crippen molar-refractivity contribution in [1.82, 2.24) is 5.32 Å². The van der Waals surface area contributed by atoms with Crippen LogP contribution in [0, 0.1) is 12.7 Å². The molecule has 0 radical (unpaired) electrons. The number of nitrogens with zero attached hydrogens (tertiary/aromatic N) is 1. The second kappa shape index (κ2) is 7.11. The lowest BCUT2D eigenvalue weighted by Gasteiger charge is -2.17. The zero-order chi connectivity index (χ0) is 18.0. The molecule has 2 aromatic rings. The predicted molar refractivity (Wildman–Crippen MR) is 95.5 cm³/mol. The molecule has 130 valence electrons. The van der Waals surface area contributed by atoms with Crippen LogP contribution < -0.4 is 15.5 Å². The minimum atomic E-state index is -0.553. The zero-order valence-corrected chi connectivity index (χ0v) is 14.3. The fourth-order valence-electron chi connectivity index (χ4n) is 2.70. The number of amides is 3. The van der Waals surface area contributed by atoms with Crippen molar-refractivity contribution in [2.24, 2.45) is 0 Å². The monoisotopic (exact) mass is 361 g/mol. The first-order chi connectivity index (χ1) is 11.9. The van der Waals surface area contributed by atoms with E-state index in [0.29, 0.717) is 12.2 Å². The van der Waals surface area contributed by atoms with Gasteiger partial charge in [0, 0.05) is 24.3 Å². The van der Waals surface area contributed by atoms with Crippen molar-refractivity contribution >= 4 is 34.9 Å². The average molecular weight is 362 g/mol. The maximum absolute atomic E-state index is 13.1. The molecule has 1 fully saturated rings. The molecule has 1 aliphatic heterocycles. The number of carbonyl (C=O) groups excluding carboxylic acids is 2. The van der Waals surface area contributed by atoms with Crippen LogP contribution >= 0.6 is 11.6 Å². The van der Waals surface area contributed by atoms with Gasteiger partial charge in [0.25, 0.3) is 0 Å². The Kier molecular flexibility index (Phi) is 4.90. The summed E-state index contributed by atoms with van der Waals surface area (Å²) in [5.74, 6) is -0.596. The Balaban J connectivity index is 1.60. The summed E-state index contributed by atoms with van der Waals surface area (Å²) in [6, 6.07) is 10.8. The molecule has 0 saturated carbocycles. The van der Waals surface area contributed by atoms with Crippen molar-refractivity contribution in [2.75, 3.05) is 16.8 Å². The van der Waals surface area contributed by atoms with E-state index >= 15 is 0 Å². The predicted octanol–water partition coefficient (Wildman–Crippen LogP) is 3.71. The number of rotatable bonds is 3. The molecule has 1 atom stereocenters. The first kappa shape index (κ1) is 17.2. The molecule has 0 aromatic heterocycles. The van der Waals surface area contributed by atoms with Crippen LogP contribution in [0.5, 0.6) is 0 Å². The number of hydrogen-bond acceptors (Lipinski definition) is 2. The van der Waals surface area contributed by atoms with Crippen molar-refractivity contribution < 1.29 is 14.0 Å². The lowest BCUT2D eigenvalue weighted by Crippen LogP contribution is -2.39. The van der Waals surface area contributed by atoms with Gasteiger partial charge in [0.2, 0.25) is 5.91 Å². The Hall–Kier alpha value is -2.60. The fourth-order valence-corrected chi connectivity index (χ4v) is 2.89. The standard InChI is InChI=1S/C18H17ClFN3O2/c1-11-2-5-14(6-3-11)23-10-13(9-17(23)24)22-18(25)21-12-4-7-16(20)15(19)8-12/h2-8,13H,9-10H2,1H3,(H2,21,22,25)/t13-/m1/s1. The number of anilines is 2. The number of benzene rings is 2. The van der Waals surface area contributed by atoms with Gasteiger partial charge < -0.3 is 15.5 Å². The highest BCUT2D eigenvalue weighted by atomic mass is 35.5. The molecule has 25 heavy (non-hydrogen) atoms. The minimum Gasteiger partial charge on any atom is -0.333 e. The third-order valence-electron chi connectivity index (χ3n) is 3.98. The van der Waals surface area contributed by atoms with Crippen molar-refractivity contribution in [3.63, 3.8) is 0 Å². The Morgan fingerprint density at radius 1 is 1.24 bits per heavy atom. The minimum absolute atomic E-state index is 0.0426. The number of urea groups is 1. The Morgan fingerprint density at radius 3 is 2.64 bits per heavy atom. The summed E-state index contributed by atoms with van der Waals surface area (Å²) in [5.41, 5.74) is 2.30. The lowest BCUT2D eigenvalue weighted by molar-refractivity contribution is -0.117. The molecule has 2 N–H and O–H groups in total. The van der Waals surface area contributed by atoms with Crippen molar-refractivity contribution in [2.45, 2.75) is 19.4 Å². The molecule has 1 aliphatic rings. The van der Waals surface area contributed by atoms with E-state index < -0.39 is 11.8 Å². The van der Waals surface area contributed by atoms with E-state index in [0.717, 1.165) is 11.3 Å². The van der Waals surface area contributed by atoms with Gasteiger partial charge in [0.15, 0.2) is 0 Å². The highest BCUT2D eigenvalue weighted by Gasteiger charge is 2.31. The SMILES string of the molecule is Cc1ccc(N2C[C@H](NC(=O)Nc3ccc(F)c(Cl)c3)CC2=O)cc1. The molecular formula is C18H17ClFN3O2. The molecular weight excluding hydrogens is 345 g/mol. The van der Waals surface area contributed by atoms with E-state index in [2.05, 4.69) is 10.6 Å². The van der Waals surface area contributed by atoms with Crippen LogP contribution in [0.25, 0.3) is 0 Å². The lowest BCUT2D eigenvalue weighted by atomic mass is 10.2. The van der Waals surface area contributed by atoms with Crippen LogP contribution in [0.4, 0.5) is 20.6 Å². The molecule has 1 heterocycles. The summed E-state index contributed by atoms with van der Waals surface area (Å²) in [6.07, 6.45) is 0.228. The Bertz CT molecular complexity index is 810. The molecule has 3 rings (SSSR count). The molecule has 0 bridgehead atoms. The summed E-state index contributed by atoms with van der Waals surface area (Å²) in [7, 11) is 0. The first-order valence-corrected chi connectivity index (χ1v) is 8.20. The van der Waals surface area contributed by atoms with Crippen molar-refractivity contribution in [3.8, 4) is 0 Å². The molecule has 7 heteroatoms. The highest BCUT2D eigenvalue weighted by Crippen LogP contribution is 2.22. The molecule has 3 amide bonds. The quantitative estimate of drug-likeness (QED) is 0.875. The van der Waals surface area contributed by atoms with Gasteiger partial charge in [-0.15, -0.1) is 0 Å². The molecule has 1 saturated heterocycles. The smallest absolute Gasteiger partial charge is 0.319 e. The average Bonchev–Trinajstić information content (AvgIpc) is 2.92. The van der Waals surface area contributed by atoms with E-state index in [4.69, 9.17) is 11.6 Å².